The molecule has 0 radical (unpaired) electrons. The quantitative estimate of drug-likeness (QED) is 0.343. The highest BCUT2D eigenvalue weighted by molar-refractivity contribution is 7.16. The lowest BCUT2D eigenvalue weighted by atomic mass is 9.72. The molecule has 4 aliphatic rings. The highest BCUT2D eigenvalue weighted by atomic mass is 32.1. The number of thiophene rings is 1. The normalized spacial score (nSPS) is 24.4. The van der Waals surface area contributed by atoms with Crippen LogP contribution in [0.15, 0.2) is 23.2 Å². The van der Waals surface area contributed by atoms with Crippen molar-refractivity contribution in [3.05, 3.63) is 40.6 Å². The Bertz CT molecular complexity index is 1730. The summed E-state index contributed by atoms with van der Waals surface area (Å²) < 4.78 is 12.6. The first kappa shape index (κ1) is 33.4. The van der Waals surface area contributed by atoms with Gasteiger partial charge in [-0.1, -0.05) is 11.7 Å². The van der Waals surface area contributed by atoms with Gasteiger partial charge in [0.25, 0.3) is 0 Å². The van der Waals surface area contributed by atoms with Crippen LogP contribution >= 0.6 is 11.3 Å². The van der Waals surface area contributed by atoms with Crippen LogP contribution in [-0.4, -0.2) is 112 Å². The van der Waals surface area contributed by atoms with E-state index in [1.165, 1.54) is 30.3 Å². The molecule has 0 bridgehead atoms. The van der Waals surface area contributed by atoms with E-state index in [4.69, 9.17) is 29.9 Å². The number of nitrogen functional groups attached to an aromatic ring is 1. The first-order chi connectivity index (χ1) is 23.7. The van der Waals surface area contributed by atoms with Gasteiger partial charge in [-0.25, -0.2) is 0 Å². The van der Waals surface area contributed by atoms with Gasteiger partial charge in [-0.2, -0.15) is 20.2 Å². The topological polar surface area (TPSA) is 154 Å². The molecule has 0 saturated carbocycles. The first-order valence-corrected chi connectivity index (χ1v) is 18.3. The number of aromatic nitrogens is 4. The number of anilines is 2. The second-order valence-corrected chi connectivity index (χ2v) is 15.2. The van der Waals surface area contributed by atoms with Gasteiger partial charge in [-0.05, 0) is 91.6 Å². The molecule has 6 heterocycles. The van der Waals surface area contributed by atoms with Crippen LogP contribution in [0.4, 0.5) is 10.8 Å². The predicted octanol–water partition coefficient (Wildman–Crippen LogP) is 3.84. The van der Waals surface area contributed by atoms with Crippen molar-refractivity contribution in [1.29, 1.82) is 5.26 Å². The Morgan fingerprint density at radius 1 is 1.16 bits per heavy atom. The first-order valence-electron chi connectivity index (χ1n) is 17.5. The van der Waals surface area contributed by atoms with E-state index in [-0.39, 0.29) is 24.1 Å². The summed E-state index contributed by atoms with van der Waals surface area (Å²) in [7, 11) is 2.20. The molecule has 3 atom stereocenters. The molecular weight excluding hydrogens is 641 g/mol. The number of piperazine rings is 1. The Hall–Kier alpha value is -4.06. The fraction of sp³-hybridized carbons (Fsp3) is 0.600. The van der Waals surface area contributed by atoms with E-state index in [9.17, 15) is 10.1 Å². The summed E-state index contributed by atoms with van der Waals surface area (Å²) in [6.45, 7) is 13.5. The lowest BCUT2D eigenvalue weighted by Crippen LogP contribution is -2.50. The van der Waals surface area contributed by atoms with Gasteiger partial charge in [0.2, 0.25) is 17.6 Å². The third-order valence-electron chi connectivity index (χ3n) is 11.0. The van der Waals surface area contributed by atoms with Crippen molar-refractivity contribution in [2.45, 2.75) is 82.4 Å². The van der Waals surface area contributed by atoms with Crippen LogP contribution in [0.5, 0.6) is 6.01 Å². The van der Waals surface area contributed by atoms with E-state index in [1.54, 1.807) is 4.90 Å². The molecule has 0 aromatic carbocycles. The van der Waals surface area contributed by atoms with Gasteiger partial charge in [-0.15, -0.1) is 11.3 Å². The molecule has 0 spiro atoms. The standard InChI is InChI=1S/C35H46N10O3S/c1-5-29(46)44-18-16-43(17-19-44)28-20-25(32-40-33(48-41-32)35(3)12-6-9-27-30(35)24(21-36)31(37)49-27)38-34(39-28)47-22(2)26-8-7-13-45(26)23-10-14-42(4)15-11-23/h5,20,22-23,26H,1,6-19,37H2,2-4H3/t22-,26-,35-/m0/s1. The van der Waals surface area contributed by atoms with Crippen LogP contribution in [0, 0.1) is 11.3 Å². The molecule has 14 heteroatoms. The third kappa shape index (κ3) is 6.39. The number of carbonyl (C=O) groups is 1. The molecule has 7 rings (SSSR count). The molecule has 3 fully saturated rings. The number of fused-ring (bicyclic) bond motifs is 1. The number of carbonyl (C=O) groups excluding carboxylic acids is 1. The monoisotopic (exact) mass is 686 g/mol. The molecule has 2 N–H and O–H groups in total. The largest absolute Gasteiger partial charge is 0.459 e. The summed E-state index contributed by atoms with van der Waals surface area (Å²) in [5.41, 5.74) is 7.53. The van der Waals surface area contributed by atoms with Gasteiger partial charge in [0.15, 0.2) is 0 Å². The lowest BCUT2D eigenvalue weighted by Gasteiger charge is -2.39. The van der Waals surface area contributed by atoms with Gasteiger partial charge >= 0.3 is 6.01 Å². The van der Waals surface area contributed by atoms with Crippen molar-refractivity contribution in [2.24, 2.45) is 0 Å². The molecule has 13 nitrogen and oxygen atoms in total. The zero-order chi connectivity index (χ0) is 34.3. The molecule has 49 heavy (non-hydrogen) atoms. The summed E-state index contributed by atoms with van der Waals surface area (Å²) in [5, 5.41) is 14.9. The maximum Gasteiger partial charge on any atom is 0.319 e. The van der Waals surface area contributed by atoms with Gasteiger partial charge in [-0.3, -0.25) is 9.69 Å². The number of piperidine rings is 1. The second-order valence-electron chi connectivity index (χ2n) is 14.1. The Kier molecular flexibility index (Phi) is 9.34. The molecule has 3 aromatic rings. The number of amides is 1. The minimum atomic E-state index is -0.643. The number of rotatable bonds is 8. The van der Waals surface area contributed by atoms with Crippen molar-refractivity contribution in [2.75, 3.05) is 63.5 Å². The van der Waals surface area contributed by atoms with Gasteiger partial charge in [0.1, 0.15) is 28.7 Å². The fourth-order valence-electron chi connectivity index (χ4n) is 8.23. The Balaban J connectivity index is 1.19. The number of ether oxygens (including phenoxy) is 1. The van der Waals surface area contributed by atoms with Crippen molar-refractivity contribution in [3.63, 3.8) is 0 Å². The van der Waals surface area contributed by atoms with Crippen LogP contribution < -0.4 is 15.4 Å². The van der Waals surface area contributed by atoms with E-state index in [0.717, 1.165) is 62.2 Å². The maximum atomic E-state index is 12.3. The highest BCUT2D eigenvalue weighted by Gasteiger charge is 2.43. The smallest absolute Gasteiger partial charge is 0.319 e. The van der Waals surface area contributed by atoms with Gasteiger partial charge < -0.3 is 29.7 Å². The molecule has 3 aliphatic heterocycles. The van der Waals surface area contributed by atoms with Gasteiger partial charge in [0, 0.05) is 54.8 Å². The van der Waals surface area contributed by atoms with E-state index >= 15 is 0 Å². The zero-order valence-electron chi connectivity index (χ0n) is 28.7. The SMILES string of the molecule is C=CC(=O)N1CCN(c2cc(-c3noc([C@@]4(C)CCCc5sc(N)c(C#N)c54)n3)nc(O[C@@H](C)[C@@H]3CCCN3C3CCN(C)CC3)n2)CC1. The maximum absolute atomic E-state index is 12.3. The molecule has 0 unspecified atom stereocenters. The number of nitrogens with two attached hydrogens (primary N) is 1. The minimum Gasteiger partial charge on any atom is -0.459 e. The highest BCUT2D eigenvalue weighted by Crippen LogP contribution is 2.48. The van der Waals surface area contributed by atoms with Gasteiger partial charge in [0.05, 0.1) is 11.0 Å². The van der Waals surface area contributed by atoms with E-state index in [0.29, 0.717) is 66.0 Å². The van der Waals surface area contributed by atoms with Crippen molar-refractivity contribution >= 4 is 28.1 Å². The van der Waals surface area contributed by atoms with Crippen LogP contribution in [0.3, 0.4) is 0 Å². The average Bonchev–Trinajstić information content (AvgIpc) is 3.88. The number of likely N-dealkylation sites (tertiary alicyclic amines) is 2. The molecular formula is C35H46N10O3S. The Labute approximate surface area is 291 Å². The number of hydrogen-bond donors (Lipinski definition) is 1. The third-order valence-corrected chi connectivity index (χ3v) is 12.1. The number of nitrogens with zero attached hydrogens (tertiary/aromatic N) is 9. The summed E-state index contributed by atoms with van der Waals surface area (Å²) in [6, 6.07) is 5.30. The van der Waals surface area contributed by atoms with Crippen LogP contribution in [0.1, 0.15) is 74.3 Å². The number of hydrogen-bond acceptors (Lipinski definition) is 13. The Morgan fingerprint density at radius 2 is 1.94 bits per heavy atom. The zero-order valence-corrected chi connectivity index (χ0v) is 29.5. The molecule has 1 aliphatic carbocycles. The summed E-state index contributed by atoms with van der Waals surface area (Å²) in [5.74, 6) is 1.38. The molecule has 260 valence electrons. The predicted molar refractivity (Wildman–Crippen MR) is 187 cm³/mol. The van der Waals surface area contributed by atoms with Crippen LogP contribution in [0.25, 0.3) is 11.5 Å². The summed E-state index contributed by atoms with van der Waals surface area (Å²) in [4.78, 5) is 37.0. The molecule has 3 aromatic heterocycles. The molecule has 1 amide bonds. The minimum absolute atomic E-state index is 0.0720. The summed E-state index contributed by atoms with van der Waals surface area (Å²) >= 11 is 1.48. The number of nitriles is 1. The van der Waals surface area contributed by atoms with E-state index in [2.05, 4.69) is 53.4 Å². The van der Waals surface area contributed by atoms with Crippen molar-refractivity contribution in [1.82, 2.24) is 34.8 Å². The van der Waals surface area contributed by atoms with Crippen LogP contribution in [0.2, 0.25) is 0 Å². The van der Waals surface area contributed by atoms with E-state index in [1.807, 2.05) is 6.07 Å². The van der Waals surface area contributed by atoms with Crippen molar-refractivity contribution < 1.29 is 14.1 Å². The second kappa shape index (κ2) is 13.7. The fourth-order valence-corrected chi connectivity index (χ4v) is 9.42. The lowest BCUT2D eigenvalue weighted by molar-refractivity contribution is -0.126. The molecule has 3 saturated heterocycles. The van der Waals surface area contributed by atoms with Crippen LogP contribution in [-0.2, 0) is 16.6 Å². The average molecular weight is 687 g/mol. The Morgan fingerprint density at radius 3 is 2.67 bits per heavy atom. The van der Waals surface area contributed by atoms with E-state index < -0.39 is 5.41 Å². The summed E-state index contributed by atoms with van der Waals surface area (Å²) in [6.07, 6.45) is 8.36. The number of aryl methyl sites for hydroxylation is 1. The van der Waals surface area contributed by atoms with Crippen molar-refractivity contribution in [3.8, 4) is 23.6 Å².